The molecule has 6 heteroatoms. The normalized spacial score (nSPS) is 11.1. The zero-order valence-electron chi connectivity index (χ0n) is 9.54. The van der Waals surface area contributed by atoms with Crippen LogP contribution in [0, 0.1) is 0 Å². The van der Waals surface area contributed by atoms with Crippen LogP contribution in [0.4, 0.5) is 5.00 Å². The predicted molar refractivity (Wildman–Crippen MR) is 72.7 cm³/mol. The molecule has 2 aromatic rings. The summed E-state index contributed by atoms with van der Waals surface area (Å²) in [5, 5.41) is 3.59. The summed E-state index contributed by atoms with van der Waals surface area (Å²) in [6.07, 6.45) is 1.67. The van der Waals surface area contributed by atoms with Gasteiger partial charge in [0.05, 0.1) is 10.4 Å². The molecule has 94 valence electrons. The molecular weight excluding hydrogens is 268 g/mol. The smallest absolute Gasteiger partial charge is 0.226 e. The number of nitrogens with zero attached hydrogens (tertiary/aromatic N) is 1. The van der Waals surface area contributed by atoms with Gasteiger partial charge in [0.1, 0.15) is 5.00 Å². The van der Waals surface area contributed by atoms with E-state index in [0.717, 1.165) is 0 Å². The molecule has 1 aromatic heterocycles. The average Bonchev–Trinajstić information content (AvgIpc) is 2.86. The lowest BCUT2D eigenvalue weighted by atomic mass is 10.4. The third-order valence-electron chi connectivity index (χ3n) is 2.25. The van der Waals surface area contributed by atoms with Crippen molar-refractivity contribution in [2.24, 2.45) is 0 Å². The maximum Gasteiger partial charge on any atom is 0.226 e. The van der Waals surface area contributed by atoms with Crippen LogP contribution < -0.4 is 5.32 Å². The van der Waals surface area contributed by atoms with Crippen LogP contribution in [0.5, 0.6) is 0 Å². The van der Waals surface area contributed by atoms with Gasteiger partial charge < -0.3 is 5.32 Å². The molecule has 0 aliphatic rings. The molecular formula is C12H12N2O2S2. The van der Waals surface area contributed by atoms with Crippen molar-refractivity contribution < 1.29 is 8.42 Å². The van der Waals surface area contributed by atoms with Crippen LogP contribution in [0.1, 0.15) is 0 Å². The molecule has 0 radical (unpaired) electrons. The van der Waals surface area contributed by atoms with Crippen molar-refractivity contribution in [1.29, 1.82) is 0 Å². The van der Waals surface area contributed by atoms with Gasteiger partial charge in [0.15, 0.2) is 5.03 Å². The topological polar surface area (TPSA) is 59.1 Å². The SMILES string of the molecule is C=CCNc1scnc1S(=O)(=O)c1ccccc1. The van der Waals surface area contributed by atoms with Crippen molar-refractivity contribution >= 4 is 26.2 Å². The second kappa shape index (κ2) is 5.32. The Labute approximate surface area is 110 Å². The molecule has 2 rings (SSSR count). The summed E-state index contributed by atoms with van der Waals surface area (Å²) < 4.78 is 24.7. The summed E-state index contributed by atoms with van der Waals surface area (Å²) in [5.74, 6) is 0. The number of rotatable bonds is 5. The largest absolute Gasteiger partial charge is 0.371 e. The summed E-state index contributed by atoms with van der Waals surface area (Å²) in [6.45, 7) is 4.08. The summed E-state index contributed by atoms with van der Waals surface area (Å²) in [7, 11) is -3.55. The second-order valence-corrected chi connectivity index (χ2v) is 6.19. The van der Waals surface area contributed by atoms with Crippen molar-refractivity contribution in [2.75, 3.05) is 11.9 Å². The van der Waals surface area contributed by atoms with Gasteiger partial charge >= 0.3 is 0 Å². The molecule has 1 N–H and O–H groups in total. The highest BCUT2D eigenvalue weighted by Crippen LogP contribution is 2.29. The fourth-order valence-corrected chi connectivity index (χ4v) is 3.79. The van der Waals surface area contributed by atoms with Gasteiger partial charge in [0, 0.05) is 6.54 Å². The monoisotopic (exact) mass is 280 g/mol. The van der Waals surface area contributed by atoms with Gasteiger partial charge in [-0.05, 0) is 12.1 Å². The molecule has 0 unspecified atom stereocenters. The summed E-state index contributed by atoms with van der Waals surface area (Å²) in [5.41, 5.74) is 1.52. The first-order valence-corrected chi connectivity index (χ1v) is 7.61. The molecule has 1 heterocycles. The third-order valence-corrected chi connectivity index (χ3v) is 4.87. The Balaban J connectivity index is 2.42. The maximum absolute atomic E-state index is 12.4. The molecule has 0 saturated heterocycles. The highest BCUT2D eigenvalue weighted by atomic mass is 32.2. The fraction of sp³-hybridized carbons (Fsp3) is 0.0833. The van der Waals surface area contributed by atoms with E-state index in [1.807, 2.05) is 0 Å². The van der Waals surface area contributed by atoms with Crippen LogP contribution in [-0.2, 0) is 9.84 Å². The van der Waals surface area contributed by atoms with Crippen molar-refractivity contribution in [3.63, 3.8) is 0 Å². The van der Waals surface area contributed by atoms with Gasteiger partial charge in [-0.15, -0.1) is 17.9 Å². The molecule has 0 amide bonds. The van der Waals surface area contributed by atoms with E-state index in [2.05, 4.69) is 16.9 Å². The molecule has 0 aliphatic heterocycles. The summed E-state index contributed by atoms with van der Waals surface area (Å²) in [6, 6.07) is 8.28. The van der Waals surface area contributed by atoms with Crippen LogP contribution in [0.25, 0.3) is 0 Å². The van der Waals surface area contributed by atoms with Gasteiger partial charge in [-0.1, -0.05) is 24.3 Å². The molecule has 0 bridgehead atoms. The number of anilines is 1. The van der Waals surface area contributed by atoms with Gasteiger partial charge in [-0.2, -0.15) is 0 Å². The predicted octanol–water partition coefficient (Wildman–Crippen LogP) is 2.57. The molecule has 0 saturated carbocycles. The summed E-state index contributed by atoms with van der Waals surface area (Å²) in [4.78, 5) is 4.20. The second-order valence-electron chi connectivity index (χ2n) is 3.47. The van der Waals surface area contributed by atoms with Crippen molar-refractivity contribution in [2.45, 2.75) is 9.92 Å². The third kappa shape index (κ3) is 2.44. The van der Waals surface area contributed by atoms with E-state index in [0.29, 0.717) is 11.5 Å². The average molecular weight is 280 g/mol. The lowest BCUT2D eigenvalue weighted by Gasteiger charge is -2.05. The molecule has 0 fully saturated rings. The van der Waals surface area contributed by atoms with Crippen LogP contribution in [0.15, 0.2) is 58.4 Å². The molecule has 1 aromatic carbocycles. The number of benzene rings is 1. The van der Waals surface area contributed by atoms with E-state index < -0.39 is 9.84 Å². The molecule has 0 spiro atoms. The molecule has 0 atom stereocenters. The highest BCUT2D eigenvalue weighted by molar-refractivity contribution is 7.91. The van der Waals surface area contributed by atoms with Gasteiger partial charge in [0.2, 0.25) is 9.84 Å². The number of nitrogens with one attached hydrogen (secondary N) is 1. The Morgan fingerprint density at radius 2 is 2.06 bits per heavy atom. The maximum atomic E-state index is 12.4. The molecule has 0 aliphatic carbocycles. The van der Waals surface area contributed by atoms with Crippen LogP contribution >= 0.6 is 11.3 Å². The van der Waals surface area contributed by atoms with Gasteiger partial charge in [-0.25, -0.2) is 13.4 Å². The zero-order valence-corrected chi connectivity index (χ0v) is 11.2. The van der Waals surface area contributed by atoms with Crippen molar-refractivity contribution in [3.05, 3.63) is 48.5 Å². The van der Waals surface area contributed by atoms with E-state index in [-0.39, 0.29) is 9.92 Å². The Kier molecular flexibility index (Phi) is 3.78. The number of hydrogen-bond acceptors (Lipinski definition) is 5. The Morgan fingerprint density at radius 1 is 1.33 bits per heavy atom. The van der Waals surface area contributed by atoms with E-state index in [1.54, 1.807) is 36.4 Å². The standard InChI is InChI=1S/C12H12N2O2S2/c1-2-8-13-11-12(14-9-17-11)18(15,16)10-6-4-3-5-7-10/h2-7,9,13H,1,8H2. The first-order valence-electron chi connectivity index (χ1n) is 5.24. The van der Waals surface area contributed by atoms with Crippen molar-refractivity contribution in [1.82, 2.24) is 4.98 Å². The van der Waals surface area contributed by atoms with Crippen LogP contribution in [0.3, 0.4) is 0 Å². The minimum absolute atomic E-state index is 0.0700. The van der Waals surface area contributed by atoms with Gasteiger partial charge in [-0.3, -0.25) is 0 Å². The first kappa shape index (κ1) is 12.8. The lowest BCUT2D eigenvalue weighted by Crippen LogP contribution is -2.06. The van der Waals surface area contributed by atoms with E-state index in [4.69, 9.17) is 0 Å². The lowest BCUT2D eigenvalue weighted by molar-refractivity contribution is 0.593. The van der Waals surface area contributed by atoms with Gasteiger partial charge in [0.25, 0.3) is 0 Å². The number of thiazole rings is 1. The zero-order chi connectivity index (χ0) is 13.0. The minimum Gasteiger partial charge on any atom is -0.371 e. The van der Waals surface area contributed by atoms with Crippen molar-refractivity contribution in [3.8, 4) is 0 Å². The number of aromatic nitrogens is 1. The van der Waals surface area contributed by atoms with E-state index in [9.17, 15) is 8.42 Å². The fourth-order valence-electron chi connectivity index (χ4n) is 1.42. The quantitative estimate of drug-likeness (QED) is 0.855. The Bertz CT molecular complexity index is 633. The van der Waals surface area contributed by atoms with Crippen LogP contribution in [0.2, 0.25) is 0 Å². The number of hydrogen-bond donors (Lipinski definition) is 1. The van der Waals surface area contributed by atoms with E-state index >= 15 is 0 Å². The Hall–Kier alpha value is -1.66. The number of sulfone groups is 1. The minimum atomic E-state index is -3.55. The molecule has 18 heavy (non-hydrogen) atoms. The first-order chi connectivity index (χ1) is 8.66. The highest BCUT2D eigenvalue weighted by Gasteiger charge is 2.23. The Morgan fingerprint density at radius 3 is 2.72 bits per heavy atom. The summed E-state index contributed by atoms with van der Waals surface area (Å²) >= 11 is 1.26. The molecule has 4 nitrogen and oxygen atoms in total. The van der Waals surface area contributed by atoms with E-state index in [1.165, 1.54) is 16.8 Å². The van der Waals surface area contributed by atoms with Crippen LogP contribution in [-0.4, -0.2) is 19.9 Å².